The lowest BCUT2D eigenvalue weighted by molar-refractivity contribution is 0.355. The Kier molecular flexibility index (Phi) is 5.28. The van der Waals surface area contributed by atoms with Gasteiger partial charge in [-0.2, -0.15) is 9.50 Å². The molecule has 5 aromatic rings. The molecule has 0 saturated carbocycles. The van der Waals surface area contributed by atoms with Gasteiger partial charge < -0.3 is 13.9 Å². The molecule has 0 fully saturated rings. The van der Waals surface area contributed by atoms with Gasteiger partial charge >= 0.3 is 0 Å². The van der Waals surface area contributed by atoms with Crippen molar-refractivity contribution in [3.05, 3.63) is 79.7 Å². The summed E-state index contributed by atoms with van der Waals surface area (Å²) in [6, 6.07) is 16.9. The summed E-state index contributed by atoms with van der Waals surface area (Å²) in [5.74, 6) is 2.94. The highest BCUT2D eigenvalue weighted by molar-refractivity contribution is 9.10. The van der Waals surface area contributed by atoms with Crippen molar-refractivity contribution in [2.24, 2.45) is 0 Å². The van der Waals surface area contributed by atoms with Gasteiger partial charge in [-0.3, -0.25) is 4.79 Å². The summed E-state index contributed by atoms with van der Waals surface area (Å²) in [5, 5.41) is 4.39. The molecule has 0 aliphatic carbocycles. The molecule has 3 heterocycles. The second-order valence-electron chi connectivity index (χ2n) is 6.82. The number of hydrogen-bond donors (Lipinski definition) is 0. The third-order valence-electron chi connectivity index (χ3n) is 4.85. The van der Waals surface area contributed by atoms with Gasteiger partial charge in [0.15, 0.2) is 17.3 Å². The number of aromatic nitrogens is 3. The molecule has 160 valence electrons. The number of thiazole rings is 1. The van der Waals surface area contributed by atoms with Crippen LogP contribution in [0.25, 0.3) is 33.7 Å². The first-order valence-corrected chi connectivity index (χ1v) is 11.2. The Morgan fingerprint density at radius 2 is 1.75 bits per heavy atom. The van der Waals surface area contributed by atoms with Crippen LogP contribution in [0, 0.1) is 0 Å². The molecule has 0 aliphatic rings. The molecule has 7 nitrogen and oxygen atoms in total. The lowest BCUT2D eigenvalue weighted by Gasteiger charge is -2.07. The Hall–Kier alpha value is -3.43. The van der Waals surface area contributed by atoms with Crippen LogP contribution in [0.5, 0.6) is 11.5 Å². The monoisotopic (exact) mass is 509 g/mol. The molecule has 0 atom stereocenters. The third kappa shape index (κ3) is 3.69. The number of furan rings is 1. The average molecular weight is 510 g/mol. The van der Waals surface area contributed by atoms with E-state index < -0.39 is 0 Å². The number of nitrogens with zero attached hydrogens (tertiary/aromatic N) is 3. The van der Waals surface area contributed by atoms with E-state index >= 15 is 0 Å². The number of benzene rings is 2. The zero-order valence-corrected chi connectivity index (χ0v) is 19.4. The maximum absolute atomic E-state index is 12.9. The van der Waals surface area contributed by atoms with E-state index in [2.05, 4.69) is 26.0 Å². The highest BCUT2D eigenvalue weighted by Crippen LogP contribution is 2.31. The first-order chi connectivity index (χ1) is 15.6. The third-order valence-corrected chi connectivity index (χ3v) is 6.34. The standard InChI is InChI=1S/C23H16BrN3O4S/c1-29-18-9-5-14(11-19(18)30-2)21-25-23-27(26-21)22(28)20(32-23)12-16-8-10-17(31-16)13-3-6-15(24)7-4-13/h3-12H,1-2H3. The van der Waals surface area contributed by atoms with Gasteiger partial charge in [0.1, 0.15) is 16.1 Å². The minimum absolute atomic E-state index is 0.245. The van der Waals surface area contributed by atoms with E-state index in [1.807, 2.05) is 42.5 Å². The first-order valence-electron chi connectivity index (χ1n) is 9.55. The number of rotatable bonds is 5. The molecule has 0 bridgehead atoms. The van der Waals surface area contributed by atoms with E-state index in [1.54, 1.807) is 32.4 Å². The van der Waals surface area contributed by atoms with E-state index in [-0.39, 0.29) is 5.56 Å². The van der Waals surface area contributed by atoms with Crippen molar-refractivity contribution >= 4 is 38.3 Å². The summed E-state index contributed by atoms with van der Waals surface area (Å²) in [6.45, 7) is 0. The molecule has 32 heavy (non-hydrogen) atoms. The Balaban J connectivity index is 1.49. The average Bonchev–Trinajstić information content (AvgIpc) is 3.51. The summed E-state index contributed by atoms with van der Waals surface area (Å²) >= 11 is 4.68. The topological polar surface area (TPSA) is 78.9 Å². The normalized spacial score (nSPS) is 11.9. The molecular formula is C23H16BrN3O4S. The van der Waals surface area contributed by atoms with Gasteiger partial charge in [-0.15, -0.1) is 5.10 Å². The fourth-order valence-corrected chi connectivity index (χ4v) is 4.41. The number of hydrogen-bond acceptors (Lipinski definition) is 7. The van der Waals surface area contributed by atoms with Crippen LogP contribution in [-0.2, 0) is 0 Å². The zero-order chi connectivity index (χ0) is 22.2. The smallest absolute Gasteiger partial charge is 0.291 e. The van der Waals surface area contributed by atoms with E-state index in [9.17, 15) is 4.79 Å². The van der Waals surface area contributed by atoms with Crippen LogP contribution in [0.4, 0.5) is 0 Å². The van der Waals surface area contributed by atoms with Crippen molar-refractivity contribution in [1.29, 1.82) is 0 Å². The van der Waals surface area contributed by atoms with E-state index in [4.69, 9.17) is 13.9 Å². The number of ether oxygens (including phenoxy) is 2. The number of methoxy groups -OCH3 is 2. The maximum Gasteiger partial charge on any atom is 0.291 e. The van der Waals surface area contributed by atoms with Crippen molar-refractivity contribution in [1.82, 2.24) is 14.6 Å². The summed E-state index contributed by atoms with van der Waals surface area (Å²) in [5.41, 5.74) is 1.44. The van der Waals surface area contributed by atoms with Gasteiger partial charge in [0.25, 0.3) is 5.56 Å². The predicted molar refractivity (Wildman–Crippen MR) is 126 cm³/mol. The molecule has 3 aromatic heterocycles. The van der Waals surface area contributed by atoms with Gasteiger partial charge in [0.2, 0.25) is 4.96 Å². The summed E-state index contributed by atoms with van der Waals surface area (Å²) in [4.78, 5) is 17.9. The van der Waals surface area contributed by atoms with Crippen LogP contribution >= 0.6 is 27.3 Å². The van der Waals surface area contributed by atoms with Gasteiger partial charge in [0.05, 0.1) is 14.2 Å². The number of fused-ring (bicyclic) bond motifs is 1. The molecule has 0 aliphatic heterocycles. The largest absolute Gasteiger partial charge is 0.493 e. The lowest BCUT2D eigenvalue weighted by atomic mass is 10.2. The highest BCUT2D eigenvalue weighted by Gasteiger charge is 2.14. The minimum atomic E-state index is -0.245. The summed E-state index contributed by atoms with van der Waals surface area (Å²) < 4.78 is 19.3. The van der Waals surface area contributed by atoms with Gasteiger partial charge in [-0.25, -0.2) is 0 Å². The minimum Gasteiger partial charge on any atom is -0.493 e. The van der Waals surface area contributed by atoms with Gasteiger partial charge in [0, 0.05) is 21.7 Å². The van der Waals surface area contributed by atoms with Crippen LogP contribution in [0.3, 0.4) is 0 Å². The summed E-state index contributed by atoms with van der Waals surface area (Å²) in [6.07, 6.45) is 1.71. The fourth-order valence-electron chi connectivity index (χ4n) is 3.26. The van der Waals surface area contributed by atoms with Gasteiger partial charge in [-0.1, -0.05) is 39.4 Å². The predicted octanol–water partition coefficient (Wildman–Crippen LogP) is 4.41. The maximum atomic E-state index is 12.9. The Morgan fingerprint density at radius 3 is 2.47 bits per heavy atom. The van der Waals surface area contributed by atoms with Crippen LogP contribution in [0.1, 0.15) is 5.76 Å². The molecule has 9 heteroatoms. The zero-order valence-electron chi connectivity index (χ0n) is 17.0. The van der Waals surface area contributed by atoms with Crippen LogP contribution in [0.15, 0.2) is 68.3 Å². The molecule has 0 spiro atoms. The second kappa shape index (κ2) is 8.25. The molecular weight excluding hydrogens is 494 g/mol. The Morgan fingerprint density at radius 1 is 1.00 bits per heavy atom. The van der Waals surface area contributed by atoms with Crippen molar-refractivity contribution in [3.63, 3.8) is 0 Å². The van der Waals surface area contributed by atoms with Crippen molar-refractivity contribution < 1.29 is 13.9 Å². The molecule has 2 aromatic carbocycles. The van der Waals surface area contributed by atoms with Crippen LogP contribution < -0.4 is 19.6 Å². The van der Waals surface area contributed by atoms with Gasteiger partial charge in [-0.05, 0) is 42.5 Å². The van der Waals surface area contributed by atoms with Crippen LogP contribution in [-0.4, -0.2) is 28.8 Å². The molecule has 0 N–H and O–H groups in total. The summed E-state index contributed by atoms with van der Waals surface area (Å²) in [7, 11) is 3.14. The molecule has 0 radical (unpaired) electrons. The molecule has 0 unspecified atom stereocenters. The SMILES string of the molecule is COc1ccc(-c2nc3sc(=Cc4ccc(-c5ccc(Br)cc5)o4)c(=O)n3n2)cc1OC. The fraction of sp³-hybridized carbons (Fsp3) is 0.0870. The number of halogens is 1. The molecule has 5 rings (SSSR count). The van der Waals surface area contributed by atoms with Crippen molar-refractivity contribution in [2.45, 2.75) is 0 Å². The van der Waals surface area contributed by atoms with E-state index in [0.29, 0.717) is 32.6 Å². The van der Waals surface area contributed by atoms with E-state index in [0.717, 1.165) is 21.4 Å². The second-order valence-corrected chi connectivity index (χ2v) is 8.75. The first kappa shape index (κ1) is 20.5. The van der Waals surface area contributed by atoms with E-state index in [1.165, 1.54) is 15.9 Å². The molecule has 0 saturated heterocycles. The lowest BCUT2D eigenvalue weighted by Crippen LogP contribution is -2.23. The van der Waals surface area contributed by atoms with Crippen molar-refractivity contribution in [3.8, 4) is 34.2 Å². The quantitative estimate of drug-likeness (QED) is 0.349. The van der Waals surface area contributed by atoms with Crippen LogP contribution in [0.2, 0.25) is 0 Å². The molecule has 0 amide bonds. The highest BCUT2D eigenvalue weighted by atomic mass is 79.9. The van der Waals surface area contributed by atoms with Crippen molar-refractivity contribution in [2.75, 3.05) is 14.2 Å². The Bertz CT molecular complexity index is 1540. The Labute approximate surface area is 194 Å².